The zero-order valence-electron chi connectivity index (χ0n) is 20.1. The molecule has 0 bridgehead atoms. The van der Waals surface area contributed by atoms with Crippen molar-refractivity contribution in [2.45, 2.75) is 57.9 Å². The lowest BCUT2D eigenvalue weighted by Crippen LogP contribution is -2.51. The molecule has 1 saturated heterocycles. The van der Waals surface area contributed by atoms with Crippen molar-refractivity contribution in [1.82, 2.24) is 10.2 Å². The van der Waals surface area contributed by atoms with E-state index in [1.165, 1.54) is 12.1 Å². The minimum absolute atomic E-state index is 0.0126. The quantitative estimate of drug-likeness (QED) is 0.447. The molecule has 1 N–H and O–H groups in total. The zero-order valence-corrected chi connectivity index (χ0v) is 20.1. The second-order valence-electron chi connectivity index (χ2n) is 9.48. The van der Waals surface area contributed by atoms with Crippen LogP contribution in [0.2, 0.25) is 0 Å². The van der Waals surface area contributed by atoms with Gasteiger partial charge in [-0.25, -0.2) is 0 Å². The van der Waals surface area contributed by atoms with Gasteiger partial charge in [0.1, 0.15) is 0 Å². The van der Waals surface area contributed by atoms with E-state index in [9.17, 15) is 18.0 Å². The van der Waals surface area contributed by atoms with Crippen molar-refractivity contribution in [3.63, 3.8) is 0 Å². The van der Waals surface area contributed by atoms with Crippen LogP contribution in [0.3, 0.4) is 0 Å². The number of halogens is 3. The van der Waals surface area contributed by atoms with Crippen molar-refractivity contribution < 1.29 is 18.0 Å². The van der Waals surface area contributed by atoms with Gasteiger partial charge in [0.05, 0.1) is 5.56 Å². The van der Waals surface area contributed by atoms with E-state index in [-0.39, 0.29) is 30.1 Å². The lowest BCUT2D eigenvalue weighted by molar-refractivity contribution is -0.138. The molecule has 0 radical (unpaired) electrons. The summed E-state index contributed by atoms with van der Waals surface area (Å²) in [4.78, 5) is 15.5. The van der Waals surface area contributed by atoms with Gasteiger partial charge in [0.2, 0.25) is 0 Å². The van der Waals surface area contributed by atoms with E-state index in [0.29, 0.717) is 31.4 Å². The van der Waals surface area contributed by atoms with E-state index < -0.39 is 11.7 Å². The normalized spacial score (nSPS) is 18.5. The molecule has 1 fully saturated rings. The van der Waals surface area contributed by atoms with Gasteiger partial charge >= 0.3 is 6.18 Å². The van der Waals surface area contributed by atoms with Crippen LogP contribution < -0.4 is 5.32 Å². The molecular weight excluding hydrogens is 449 g/mol. The molecule has 0 aromatic heterocycles. The monoisotopic (exact) mass is 480 g/mol. The van der Waals surface area contributed by atoms with E-state index >= 15 is 0 Å². The number of hydrogen-bond acceptors (Lipinski definition) is 2. The van der Waals surface area contributed by atoms with Gasteiger partial charge in [-0.3, -0.25) is 4.79 Å². The molecule has 1 heterocycles. The van der Waals surface area contributed by atoms with Crippen LogP contribution in [0.25, 0.3) is 0 Å². The van der Waals surface area contributed by atoms with E-state index in [1.807, 2.05) is 55.1 Å². The highest BCUT2D eigenvalue weighted by molar-refractivity contribution is 5.95. The summed E-state index contributed by atoms with van der Waals surface area (Å²) in [5.74, 6) is 0.0126. The van der Waals surface area contributed by atoms with Crippen molar-refractivity contribution in [3.05, 3.63) is 106 Å². The van der Waals surface area contributed by atoms with Gasteiger partial charge in [-0.1, -0.05) is 65.7 Å². The van der Waals surface area contributed by atoms with Crippen LogP contribution >= 0.6 is 0 Å². The molecule has 184 valence electrons. The van der Waals surface area contributed by atoms with Crippen molar-refractivity contribution in [3.8, 4) is 0 Å². The molecule has 6 heteroatoms. The van der Waals surface area contributed by atoms with E-state index in [2.05, 4.69) is 17.4 Å². The first-order chi connectivity index (χ1) is 16.7. The largest absolute Gasteiger partial charge is 0.416 e. The van der Waals surface area contributed by atoms with Gasteiger partial charge in [-0.05, 0) is 62.4 Å². The van der Waals surface area contributed by atoms with Crippen molar-refractivity contribution in [1.29, 1.82) is 0 Å². The average molecular weight is 481 g/mol. The van der Waals surface area contributed by atoms with Crippen molar-refractivity contribution >= 4 is 5.91 Å². The minimum atomic E-state index is -4.38. The summed E-state index contributed by atoms with van der Waals surface area (Å²) in [6.07, 6.45) is -2.31. The third-order valence-electron chi connectivity index (χ3n) is 6.66. The lowest BCUT2D eigenvalue weighted by atomic mass is 9.91. The number of hydrogen-bond donors (Lipinski definition) is 1. The van der Waals surface area contributed by atoms with Crippen molar-refractivity contribution in [2.75, 3.05) is 6.54 Å². The number of carbonyl (C=O) groups is 1. The fourth-order valence-electron chi connectivity index (χ4n) is 5.05. The molecule has 0 saturated carbocycles. The summed E-state index contributed by atoms with van der Waals surface area (Å²) in [5.41, 5.74) is 3.56. The molecule has 3 nitrogen and oxygen atoms in total. The van der Waals surface area contributed by atoms with E-state index in [0.717, 1.165) is 22.8 Å². The SMILES string of the molecule is Cc1cc(C)cc(C(=O)N2CC[C@H](NCc3ccccc3C(F)(F)F)C[C@@H]2Cc2ccccc2)c1. The highest BCUT2D eigenvalue weighted by Crippen LogP contribution is 2.32. The molecule has 3 aromatic rings. The van der Waals surface area contributed by atoms with Gasteiger partial charge in [-0.2, -0.15) is 13.2 Å². The Bertz CT molecular complexity index is 1140. The molecule has 0 unspecified atom stereocenters. The van der Waals surface area contributed by atoms with Crippen LogP contribution in [-0.2, 0) is 19.1 Å². The number of carbonyl (C=O) groups excluding carboxylic acids is 1. The Hall–Kier alpha value is -3.12. The molecule has 0 aliphatic carbocycles. The van der Waals surface area contributed by atoms with Gasteiger partial charge in [0.25, 0.3) is 5.91 Å². The minimum Gasteiger partial charge on any atom is -0.335 e. The average Bonchev–Trinajstić information content (AvgIpc) is 2.82. The summed E-state index contributed by atoms with van der Waals surface area (Å²) in [5, 5.41) is 3.35. The van der Waals surface area contributed by atoms with E-state index in [1.54, 1.807) is 6.07 Å². The summed E-state index contributed by atoms with van der Waals surface area (Å²) in [6.45, 7) is 4.67. The molecule has 1 aliphatic rings. The Kier molecular flexibility index (Phi) is 7.60. The fourth-order valence-corrected chi connectivity index (χ4v) is 5.05. The van der Waals surface area contributed by atoms with Crippen LogP contribution in [0.15, 0.2) is 72.8 Å². The third kappa shape index (κ3) is 6.31. The second kappa shape index (κ2) is 10.6. The zero-order chi connectivity index (χ0) is 25.0. The van der Waals surface area contributed by atoms with Crippen LogP contribution in [0.4, 0.5) is 13.2 Å². The predicted molar refractivity (Wildman–Crippen MR) is 132 cm³/mol. The summed E-state index contributed by atoms with van der Waals surface area (Å²) < 4.78 is 40.2. The van der Waals surface area contributed by atoms with Gasteiger partial charge in [0, 0.05) is 30.7 Å². The first kappa shape index (κ1) is 25.0. The smallest absolute Gasteiger partial charge is 0.335 e. The maximum Gasteiger partial charge on any atom is 0.416 e. The van der Waals surface area contributed by atoms with Crippen LogP contribution in [0.5, 0.6) is 0 Å². The molecule has 2 atom stereocenters. The third-order valence-corrected chi connectivity index (χ3v) is 6.66. The first-order valence-corrected chi connectivity index (χ1v) is 12.0. The fraction of sp³-hybridized carbons (Fsp3) is 0.345. The maximum absolute atomic E-state index is 13.5. The number of alkyl halides is 3. The maximum atomic E-state index is 13.5. The highest BCUT2D eigenvalue weighted by atomic mass is 19.4. The van der Waals surface area contributed by atoms with Crippen LogP contribution in [0, 0.1) is 13.8 Å². The molecule has 35 heavy (non-hydrogen) atoms. The number of likely N-dealkylation sites (tertiary alicyclic amines) is 1. The summed E-state index contributed by atoms with van der Waals surface area (Å²) in [7, 11) is 0. The highest BCUT2D eigenvalue weighted by Gasteiger charge is 2.34. The Morgan fingerprint density at radius 1 is 0.971 bits per heavy atom. The Balaban J connectivity index is 1.51. The summed E-state index contributed by atoms with van der Waals surface area (Å²) >= 11 is 0. The molecule has 1 aliphatic heterocycles. The molecular formula is C29H31F3N2O. The number of nitrogens with zero attached hydrogens (tertiary/aromatic N) is 1. The van der Waals surface area contributed by atoms with Crippen molar-refractivity contribution in [2.24, 2.45) is 0 Å². The number of amides is 1. The molecule has 0 spiro atoms. The van der Waals surface area contributed by atoms with Gasteiger partial charge < -0.3 is 10.2 Å². The molecule has 3 aromatic carbocycles. The standard InChI is InChI=1S/C29H31F3N2O/c1-20-14-21(2)16-24(15-20)28(35)34-13-12-25(18-26(34)17-22-8-4-3-5-9-22)33-19-23-10-6-7-11-27(23)29(30,31)32/h3-11,14-16,25-26,33H,12-13,17-19H2,1-2H3/t25-,26-/m0/s1. The number of piperidine rings is 1. The number of benzene rings is 3. The van der Waals surface area contributed by atoms with E-state index in [4.69, 9.17) is 0 Å². The Labute approximate surface area is 205 Å². The first-order valence-electron chi connectivity index (χ1n) is 12.0. The van der Waals surface area contributed by atoms with Gasteiger partial charge in [-0.15, -0.1) is 0 Å². The number of nitrogens with one attached hydrogen (secondary N) is 1. The summed E-state index contributed by atoms with van der Waals surface area (Å²) in [6, 6.07) is 21.6. The topological polar surface area (TPSA) is 32.3 Å². The molecule has 1 amide bonds. The predicted octanol–water partition coefficient (Wildman–Crippen LogP) is 6.33. The second-order valence-corrected chi connectivity index (χ2v) is 9.48. The molecule has 4 rings (SSSR count). The number of rotatable bonds is 6. The lowest BCUT2D eigenvalue weighted by Gasteiger charge is -2.40. The van der Waals surface area contributed by atoms with Crippen LogP contribution in [-0.4, -0.2) is 29.4 Å². The Morgan fingerprint density at radius 2 is 1.63 bits per heavy atom. The van der Waals surface area contributed by atoms with Gasteiger partial charge in [0.15, 0.2) is 0 Å². The Morgan fingerprint density at radius 3 is 2.31 bits per heavy atom. The van der Waals surface area contributed by atoms with Crippen LogP contribution in [0.1, 0.15) is 51.0 Å². The number of aryl methyl sites for hydroxylation is 2.